The lowest BCUT2D eigenvalue weighted by atomic mass is 9.48. The first-order valence-electron chi connectivity index (χ1n) is 14.3. The molecule has 1 N–H and O–H groups in total. The molecule has 2 heterocycles. The predicted octanol–water partition coefficient (Wildman–Crippen LogP) is 4.55. The third-order valence-electron chi connectivity index (χ3n) is 10.2. The number of hydrogen-bond donors (Lipinski definition) is 1. The lowest BCUT2D eigenvalue weighted by molar-refractivity contribution is -0.200. The highest BCUT2D eigenvalue weighted by Gasteiger charge is 2.73. The van der Waals surface area contributed by atoms with Crippen LogP contribution in [-0.2, 0) is 27.8 Å². The Morgan fingerprint density at radius 2 is 1.95 bits per heavy atom. The van der Waals surface area contributed by atoms with Gasteiger partial charge in [-0.3, -0.25) is 14.5 Å². The average Bonchev–Trinajstić information content (AvgIpc) is 3.65. The molecule has 0 aromatic heterocycles. The van der Waals surface area contributed by atoms with Gasteiger partial charge in [0.05, 0.1) is 33.5 Å². The van der Waals surface area contributed by atoms with Gasteiger partial charge in [-0.25, -0.2) is 0 Å². The number of piperidine rings is 1. The third kappa shape index (κ3) is 3.84. The van der Waals surface area contributed by atoms with E-state index in [2.05, 4.69) is 4.90 Å². The summed E-state index contributed by atoms with van der Waals surface area (Å²) in [6.45, 7) is 3.27. The number of hydrogen-bond acceptors (Lipinski definition) is 6. The van der Waals surface area contributed by atoms with Crippen LogP contribution < -0.4 is 9.47 Å². The van der Waals surface area contributed by atoms with Gasteiger partial charge < -0.3 is 19.5 Å². The van der Waals surface area contributed by atoms with Gasteiger partial charge in [0.1, 0.15) is 6.10 Å². The van der Waals surface area contributed by atoms with Crippen molar-refractivity contribution in [1.29, 1.82) is 0 Å². The van der Waals surface area contributed by atoms with Crippen molar-refractivity contribution in [3.8, 4) is 11.5 Å². The summed E-state index contributed by atoms with van der Waals surface area (Å²) in [7, 11) is 1.83. The molecule has 5 atom stereocenters. The molecule has 7 nitrogen and oxygen atoms in total. The van der Waals surface area contributed by atoms with Crippen LogP contribution in [0.2, 0.25) is 10.0 Å². The summed E-state index contributed by atoms with van der Waals surface area (Å²) in [5.74, 6) is 1.20. The summed E-state index contributed by atoms with van der Waals surface area (Å²) < 4.78 is 12.4. The van der Waals surface area contributed by atoms with E-state index in [-0.39, 0.29) is 24.4 Å². The SMILES string of the molecule is CC(=O)Oc1ccc2c3c1O[C@H]1[C@@H](N(C)C(=O)Cc4ccc(Cl)c(Cl)c4)CC[C@@]4(O)[C@@H](C2)N(CC2CC2)CC[C@]314. The Hall–Kier alpha value is -2.32. The standard InChI is InChI=1S/C31H34Cl2N2O5/c1-17(36)39-24-8-6-20-15-25-31(38)10-9-23(34(2)26(37)14-19-5-7-21(32)22(33)13-19)29-30(31,27(20)28(24)40-29)11-12-35(25)16-18-3-4-18/h5-8,13,18,23,25,29,38H,3-4,9-12,14-16H2,1-2H3/t23-,25+,29-,30-,31+/m0/s1. The van der Waals surface area contributed by atoms with Crippen molar-refractivity contribution in [1.82, 2.24) is 9.80 Å². The number of esters is 1. The van der Waals surface area contributed by atoms with E-state index in [1.807, 2.05) is 25.2 Å². The molecule has 1 saturated heterocycles. The van der Waals surface area contributed by atoms with Gasteiger partial charge in [0.2, 0.25) is 5.91 Å². The van der Waals surface area contributed by atoms with Crippen molar-refractivity contribution < 1.29 is 24.2 Å². The van der Waals surface area contributed by atoms with Crippen LogP contribution in [-0.4, -0.2) is 70.7 Å². The van der Waals surface area contributed by atoms with Crippen LogP contribution in [0, 0.1) is 5.92 Å². The van der Waals surface area contributed by atoms with Crippen LogP contribution in [0.15, 0.2) is 30.3 Å². The zero-order valence-corrected chi connectivity index (χ0v) is 24.3. The van der Waals surface area contributed by atoms with Crippen LogP contribution in [0.1, 0.15) is 55.7 Å². The summed E-state index contributed by atoms with van der Waals surface area (Å²) in [6.07, 6.45) is 4.91. The Bertz CT molecular complexity index is 1410. The number of ether oxygens (including phenoxy) is 2. The number of benzene rings is 2. The van der Waals surface area contributed by atoms with Crippen LogP contribution in [0.4, 0.5) is 0 Å². The lowest BCUT2D eigenvalue weighted by Crippen LogP contribution is -2.78. The summed E-state index contributed by atoms with van der Waals surface area (Å²) in [5.41, 5.74) is 1.24. The Morgan fingerprint density at radius 3 is 2.67 bits per heavy atom. The molecule has 0 unspecified atom stereocenters. The molecule has 5 aliphatic rings. The van der Waals surface area contributed by atoms with Gasteiger partial charge >= 0.3 is 5.97 Å². The minimum Gasteiger partial charge on any atom is -0.483 e. The van der Waals surface area contributed by atoms with E-state index >= 15 is 0 Å². The highest BCUT2D eigenvalue weighted by molar-refractivity contribution is 6.42. The molecule has 9 heteroatoms. The third-order valence-corrected chi connectivity index (χ3v) is 10.9. The molecule has 2 aliphatic heterocycles. The molecule has 212 valence electrons. The van der Waals surface area contributed by atoms with Crippen molar-refractivity contribution in [3.63, 3.8) is 0 Å². The van der Waals surface area contributed by atoms with Crippen LogP contribution in [0.5, 0.6) is 11.5 Å². The quantitative estimate of drug-likeness (QED) is 0.396. The Labute approximate surface area is 244 Å². The number of rotatable bonds is 6. The molecular weight excluding hydrogens is 551 g/mol. The van der Waals surface area contributed by atoms with Gasteiger partial charge in [0, 0.05) is 32.1 Å². The molecule has 2 bridgehead atoms. The Morgan fingerprint density at radius 1 is 1.15 bits per heavy atom. The number of halogens is 2. The Balaban J connectivity index is 1.27. The maximum absolute atomic E-state index is 13.6. The summed E-state index contributed by atoms with van der Waals surface area (Å²) in [5, 5.41) is 13.6. The molecule has 2 aromatic rings. The number of likely N-dealkylation sites (tertiary alicyclic amines) is 1. The fourth-order valence-electron chi connectivity index (χ4n) is 8.21. The van der Waals surface area contributed by atoms with E-state index in [4.69, 9.17) is 32.7 Å². The van der Waals surface area contributed by atoms with E-state index in [0.29, 0.717) is 34.4 Å². The predicted molar refractivity (Wildman–Crippen MR) is 151 cm³/mol. The number of carbonyl (C=O) groups is 2. The summed E-state index contributed by atoms with van der Waals surface area (Å²) in [6, 6.07) is 8.86. The van der Waals surface area contributed by atoms with Gasteiger partial charge in [-0.2, -0.15) is 0 Å². The lowest BCUT2D eigenvalue weighted by Gasteiger charge is -2.64. The first-order valence-corrected chi connectivity index (χ1v) is 15.1. The van der Waals surface area contributed by atoms with E-state index in [9.17, 15) is 14.7 Å². The molecule has 7 rings (SSSR count). The highest BCUT2D eigenvalue weighted by atomic mass is 35.5. The molecule has 3 fully saturated rings. The maximum atomic E-state index is 13.6. The van der Waals surface area contributed by atoms with E-state index < -0.39 is 23.1 Å². The smallest absolute Gasteiger partial charge is 0.308 e. The van der Waals surface area contributed by atoms with Crippen molar-refractivity contribution in [3.05, 3.63) is 57.1 Å². The van der Waals surface area contributed by atoms with E-state index in [1.54, 1.807) is 17.0 Å². The molecule has 2 saturated carbocycles. The monoisotopic (exact) mass is 584 g/mol. The fourth-order valence-corrected chi connectivity index (χ4v) is 8.53. The minimum absolute atomic E-state index is 0.0101. The Kier molecular flexibility index (Phi) is 6.21. The number of amides is 1. The second kappa shape index (κ2) is 9.35. The zero-order valence-electron chi connectivity index (χ0n) is 22.8. The second-order valence-electron chi connectivity index (χ2n) is 12.4. The minimum atomic E-state index is -0.998. The van der Waals surface area contributed by atoms with Crippen molar-refractivity contribution in [2.75, 3.05) is 20.1 Å². The highest BCUT2D eigenvalue weighted by Crippen LogP contribution is 2.66. The fraction of sp³-hybridized carbons (Fsp3) is 0.548. The normalized spacial score (nSPS) is 31.8. The van der Waals surface area contributed by atoms with Gasteiger partial charge in [-0.05, 0) is 80.3 Å². The van der Waals surface area contributed by atoms with Gasteiger partial charge in [0.15, 0.2) is 11.5 Å². The first kappa shape index (κ1) is 26.6. The topological polar surface area (TPSA) is 79.3 Å². The number of nitrogens with zero attached hydrogens (tertiary/aromatic N) is 2. The largest absolute Gasteiger partial charge is 0.483 e. The molecule has 1 amide bonds. The number of likely N-dealkylation sites (N-methyl/N-ethyl adjacent to an activating group) is 1. The molecular formula is C31H34Cl2N2O5. The van der Waals surface area contributed by atoms with Gasteiger partial charge in [-0.15, -0.1) is 0 Å². The van der Waals surface area contributed by atoms with Crippen LogP contribution in [0.25, 0.3) is 0 Å². The van der Waals surface area contributed by atoms with Crippen molar-refractivity contribution in [2.45, 2.75) is 81.1 Å². The summed E-state index contributed by atoms with van der Waals surface area (Å²) >= 11 is 12.3. The summed E-state index contributed by atoms with van der Waals surface area (Å²) in [4.78, 5) is 29.9. The molecule has 40 heavy (non-hydrogen) atoms. The average molecular weight is 586 g/mol. The first-order chi connectivity index (χ1) is 19.1. The zero-order chi connectivity index (χ0) is 28.0. The van der Waals surface area contributed by atoms with Crippen molar-refractivity contribution in [2.24, 2.45) is 5.92 Å². The molecule has 3 aliphatic carbocycles. The molecule has 0 radical (unpaired) electrons. The van der Waals surface area contributed by atoms with E-state index in [0.717, 1.165) is 48.5 Å². The number of aliphatic hydroxyl groups is 1. The number of carbonyl (C=O) groups excluding carboxylic acids is 2. The van der Waals surface area contributed by atoms with Crippen LogP contribution >= 0.6 is 23.2 Å². The van der Waals surface area contributed by atoms with Gasteiger partial charge in [0.25, 0.3) is 0 Å². The van der Waals surface area contributed by atoms with Crippen LogP contribution in [0.3, 0.4) is 0 Å². The van der Waals surface area contributed by atoms with Crippen molar-refractivity contribution >= 4 is 35.1 Å². The molecule has 2 aromatic carbocycles. The molecule has 1 spiro atoms. The van der Waals surface area contributed by atoms with Gasteiger partial charge in [-0.1, -0.05) is 35.3 Å². The maximum Gasteiger partial charge on any atom is 0.308 e. The van der Waals surface area contributed by atoms with E-state index in [1.165, 1.54) is 19.8 Å². The second-order valence-corrected chi connectivity index (χ2v) is 13.2.